The zero-order valence-electron chi connectivity index (χ0n) is 7.29. The van der Waals surface area contributed by atoms with Crippen LogP contribution in [0.3, 0.4) is 0 Å². The number of fused-ring (bicyclic) bond motifs is 2. The van der Waals surface area contributed by atoms with Gasteiger partial charge in [-0.15, -0.1) is 0 Å². The Labute approximate surface area is 69.1 Å². The van der Waals surface area contributed by atoms with E-state index in [1.54, 1.807) is 0 Å². The molecule has 11 heavy (non-hydrogen) atoms. The lowest BCUT2D eigenvalue weighted by molar-refractivity contribution is 0.248. The number of rotatable bonds is 0. The van der Waals surface area contributed by atoms with E-state index in [0.29, 0.717) is 0 Å². The second kappa shape index (κ2) is 2.98. The largest absolute Gasteiger partial charge is 0.305 e. The van der Waals surface area contributed by atoms with Crippen LogP contribution in [0.15, 0.2) is 12.2 Å². The summed E-state index contributed by atoms with van der Waals surface area (Å²) in [6.45, 7) is 2.57. The highest BCUT2D eigenvalue weighted by molar-refractivity contribution is 5.00. The van der Waals surface area contributed by atoms with Crippen molar-refractivity contribution in [2.24, 2.45) is 11.8 Å². The summed E-state index contributed by atoms with van der Waals surface area (Å²) in [5, 5.41) is 0. The lowest BCUT2D eigenvalue weighted by Crippen LogP contribution is -2.29. The quantitative estimate of drug-likeness (QED) is 0.478. The molecule has 62 valence electrons. The molecule has 0 aromatic heterocycles. The van der Waals surface area contributed by atoms with Crippen LogP contribution in [-0.4, -0.2) is 25.0 Å². The van der Waals surface area contributed by atoms with Gasteiger partial charge in [0.2, 0.25) is 0 Å². The molecule has 0 amide bonds. The van der Waals surface area contributed by atoms with E-state index in [2.05, 4.69) is 24.1 Å². The molecule has 2 unspecified atom stereocenters. The fourth-order valence-electron chi connectivity index (χ4n) is 2.33. The molecule has 2 bridgehead atoms. The third-order valence-electron chi connectivity index (χ3n) is 2.90. The first-order valence-corrected chi connectivity index (χ1v) is 4.71. The standard InChI is InChI=1S/C10H17N/c1-11-7-9-3-2-4-10(8-11)6-5-9/h5-6,9-10H,2-4,7-8H2,1H3. The zero-order valence-corrected chi connectivity index (χ0v) is 7.29. The van der Waals surface area contributed by atoms with Crippen molar-refractivity contribution >= 4 is 0 Å². The second-order valence-corrected chi connectivity index (χ2v) is 4.06. The minimum atomic E-state index is 0.854. The van der Waals surface area contributed by atoms with Gasteiger partial charge >= 0.3 is 0 Å². The Morgan fingerprint density at radius 2 is 1.64 bits per heavy atom. The van der Waals surface area contributed by atoms with Gasteiger partial charge in [-0.25, -0.2) is 0 Å². The highest BCUT2D eigenvalue weighted by Crippen LogP contribution is 2.25. The maximum Gasteiger partial charge on any atom is 0.00415 e. The first-order valence-electron chi connectivity index (χ1n) is 4.71. The maximum atomic E-state index is 2.48. The fraction of sp³-hybridized carbons (Fsp3) is 0.800. The van der Waals surface area contributed by atoms with Crippen molar-refractivity contribution in [3.8, 4) is 0 Å². The number of hydrogen-bond acceptors (Lipinski definition) is 1. The molecule has 1 aliphatic heterocycles. The molecule has 0 fully saturated rings. The van der Waals surface area contributed by atoms with E-state index in [4.69, 9.17) is 0 Å². The van der Waals surface area contributed by atoms with Crippen molar-refractivity contribution in [2.75, 3.05) is 20.1 Å². The van der Waals surface area contributed by atoms with E-state index in [0.717, 1.165) is 11.8 Å². The zero-order chi connectivity index (χ0) is 7.68. The Morgan fingerprint density at radius 1 is 1.09 bits per heavy atom. The molecule has 0 spiro atoms. The van der Waals surface area contributed by atoms with Crippen LogP contribution in [0.1, 0.15) is 19.3 Å². The van der Waals surface area contributed by atoms with Gasteiger partial charge in [-0.2, -0.15) is 0 Å². The molecule has 1 heterocycles. The van der Waals surface area contributed by atoms with Crippen molar-refractivity contribution in [3.63, 3.8) is 0 Å². The van der Waals surface area contributed by atoms with E-state index < -0.39 is 0 Å². The predicted octanol–water partition coefficient (Wildman–Crippen LogP) is 1.90. The van der Waals surface area contributed by atoms with E-state index in [-0.39, 0.29) is 0 Å². The van der Waals surface area contributed by atoms with Gasteiger partial charge < -0.3 is 4.90 Å². The lowest BCUT2D eigenvalue weighted by atomic mass is 9.99. The Morgan fingerprint density at radius 3 is 2.18 bits per heavy atom. The molecule has 0 saturated heterocycles. The van der Waals surface area contributed by atoms with Crippen LogP contribution >= 0.6 is 0 Å². The van der Waals surface area contributed by atoms with Crippen molar-refractivity contribution in [2.45, 2.75) is 19.3 Å². The molecule has 2 atom stereocenters. The molecule has 1 aliphatic carbocycles. The minimum absolute atomic E-state index is 0.854. The Balaban J connectivity index is 2.11. The molecule has 0 N–H and O–H groups in total. The Hall–Kier alpha value is -0.300. The van der Waals surface area contributed by atoms with Crippen LogP contribution in [0.5, 0.6) is 0 Å². The molecule has 2 aliphatic rings. The first kappa shape index (κ1) is 7.35. The van der Waals surface area contributed by atoms with Gasteiger partial charge in [0.1, 0.15) is 0 Å². The van der Waals surface area contributed by atoms with Crippen LogP contribution in [0.4, 0.5) is 0 Å². The van der Waals surface area contributed by atoms with Crippen LogP contribution in [-0.2, 0) is 0 Å². The van der Waals surface area contributed by atoms with Crippen molar-refractivity contribution < 1.29 is 0 Å². The maximum absolute atomic E-state index is 2.48. The molecule has 0 aromatic carbocycles. The summed E-state index contributed by atoms with van der Waals surface area (Å²) >= 11 is 0. The summed E-state index contributed by atoms with van der Waals surface area (Å²) in [6.07, 6.45) is 9.16. The summed E-state index contributed by atoms with van der Waals surface area (Å²) in [5.41, 5.74) is 0. The van der Waals surface area contributed by atoms with E-state index >= 15 is 0 Å². The Bertz CT molecular complexity index is 146. The van der Waals surface area contributed by atoms with Gasteiger partial charge in [-0.3, -0.25) is 0 Å². The third-order valence-corrected chi connectivity index (χ3v) is 2.90. The van der Waals surface area contributed by atoms with Gasteiger partial charge in [0.05, 0.1) is 0 Å². The smallest absolute Gasteiger partial charge is 0.00415 e. The molecule has 1 nitrogen and oxygen atoms in total. The summed E-state index contributed by atoms with van der Waals surface area (Å²) < 4.78 is 0. The topological polar surface area (TPSA) is 3.24 Å². The summed E-state index contributed by atoms with van der Waals surface area (Å²) in [5.74, 6) is 1.71. The SMILES string of the molecule is CN1CC2C=CC(CCC2)C1. The average Bonchev–Trinajstić information content (AvgIpc) is 2.19. The molecule has 1 heteroatoms. The van der Waals surface area contributed by atoms with Crippen LogP contribution in [0.2, 0.25) is 0 Å². The number of likely N-dealkylation sites (tertiary alicyclic amines) is 1. The fourth-order valence-corrected chi connectivity index (χ4v) is 2.33. The van der Waals surface area contributed by atoms with E-state index in [9.17, 15) is 0 Å². The summed E-state index contributed by atoms with van der Waals surface area (Å²) in [7, 11) is 2.25. The van der Waals surface area contributed by atoms with Crippen molar-refractivity contribution in [1.29, 1.82) is 0 Å². The van der Waals surface area contributed by atoms with Gasteiger partial charge in [0, 0.05) is 13.1 Å². The normalized spacial score (nSPS) is 38.6. The monoisotopic (exact) mass is 151 g/mol. The Kier molecular flexibility index (Phi) is 1.99. The molecule has 0 aromatic rings. The molecular weight excluding hydrogens is 134 g/mol. The van der Waals surface area contributed by atoms with Crippen LogP contribution in [0, 0.1) is 11.8 Å². The minimum Gasteiger partial charge on any atom is -0.305 e. The molecule has 0 saturated carbocycles. The summed E-state index contributed by atoms with van der Waals surface area (Å²) in [4.78, 5) is 2.48. The van der Waals surface area contributed by atoms with E-state index in [1.807, 2.05) is 0 Å². The van der Waals surface area contributed by atoms with Crippen LogP contribution < -0.4 is 0 Å². The highest BCUT2D eigenvalue weighted by atomic mass is 15.1. The average molecular weight is 151 g/mol. The first-order chi connectivity index (χ1) is 5.34. The number of hydrogen-bond donors (Lipinski definition) is 0. The molecular formula is C10H17N. The van der Waals surface area contributed by atoms with Crippen molar-refractivity contribution in [3.05, 3.63) is 12.2 Å². The van der Waals surface area contributed by atoms with E-state index in [1.165, 1.54) is 32.4 Å². The van der Waals surface area contributed by atoms with Gasteiger partial charge in [-0.1, -0.05) is 18.6 Å². The second-order valence-electron chi connectivity index (χ2n) is 4.06. The van der Waals surface area contributed by atoms with Gasteiger partial charge in [0.15, 0.2) is 0 Å². The highest BCUT2D eigenvalue weighted by Gasteiger charge is 2.20. The molecule has 2 rings (SSSR count). The molecule has 0 radical (unpaired) electrons. The lowest BCUT2D eigenvalue weighted by Gasteiger charge is -2.24. The van der Waals surface area contributed by atoms with Gasteiger partial charge in [-0.05, 0) is 31.7 Å². The van der Waals surface area contributed by atoms with Crippen molar-refractivity contribution in [1.82, 2.24) is 4.90 Å². The number of nitrogens with zero attached hydrogens (tertiary/aromatic N) is 1. The predicted molar refractivity (Wildman–Crippen MR) is 47.5 cm³/mol. The van der Waals surface area contributed by atoms with Crippen LogP contribution in [0.25, 0.3) is 0 Å². The third kappa shape index (κ3) is 1.64. The summed E-state index contributed by atoms with van der Waals surface area (Å²) in [6, 6.07) is 0. The van der Waals surface area contributed by atoms with Gasteiger partial charge in [0.25, 0.3) is 0 Å².